The zero-order valence-corrected chi connectivity index (χ0v) is 8.86. The van der Waals surface area contributed by atoms with E-state index in [0.29, 0.717) is 18.6 Å². The number of aryl methyl sites for hydroxylation is 1. The minimum atomic E-state index is -0.329. The molecule has 0 saturated carbocycles. The van der Waals surface area contributed by atoms with Crippen molar-refractivity contribution in [2.75, 3.05) is 6.61 Å². The summed E-state index contributed by atoms with van der Waals surface area (Å²) in [5.74, 6) is 0.0162. The molecule has 0 saturated heterocycles. The maximum Gasteiger partial charge on any atom is 0.194 e. The SMILES string of the molecule is CCOC(CC)C(=O)c1cnn(C)c1. The Kier molecular flexibility index (Phi) is 3.83. The minimum Gasteiger partial charge on any atom is -0.370 e. The monoisotopic (exact) mass is 196 g/mol. The Labute approximate surface area is 83.9 Å². The van der Waals surface area contributed by atoms with Gasteiger partial charge in [0.15, 0.2) is 5.78 Å². The van der Waals surface area contributed by atoms with Gasteiger partial charge in [-0.2, -0.15) is 5.10 Å². The molecule has 1 aromatic rings. The number of hydrogen-bond acceptors (Lipinski definition) is 3. The third kappa shape index (κ3) is 2.42. The molecule has 0 aromatic carbocycles. The molecule has 0 bridgehead atoms. The molecule has 4 nitrogen and oxygen atoms in total. The van der Waals surface area contributed by atoms with Crippen LogP contribution in [0.1, 0.15) is 30.6 Å². The third-order valence-corrected chi connectivity index (χ3v) is 2.02. The lowest BCUT2D eigenvalue weighted by Gasteiger charge is -2.11. The molecule has 14 heavy (non-hydrogen) atoms. The van der Waals surface area contributed by atoms with Crippen molar-refractivity contribution in [2.24, 2.45) is 7.05 Å². The van der Waals surface area contributed by atoms with Crippen molar-refractivity contribution in [3.8, 4) is 0 Å². The van der Waals surface area contributed by atoms with E-state index < -0.39 is 0 Å². The van der Waals surface area contributed by atoms with E-state index in [1.54, 1.807) is 24.1 Å². The highest BCUT2D eigenvalue weighted by molar-refractivity contribution is 5.99. The number of nitrogens with zero attached hydrogens (tertiary/aromatic N) is 2. The molecule has 0 aliphatic carbocycles. The van der Waals surface area contributed by atoms with E-state index in [4.69, 9.17) is 4.74 Å². The normalized spacial score (nSPS) is 12.8. The summed E-state index contributed by atoms with van der Waals surface area (Å²) in [5, 5.41) is 3.95. The Hall–Kier alpha value is -1.16. The van der Waals surface area contributed by atoms with Crippen LogP contribution < -0.4 is 0 Å². The highest BCUT2D eigenvalue weighted by Crippen LogP contribution is 2.08. The highest BCUT2D eigenvalue weighted by atomic mass is 16.5. The van der Waals surface area contributed by atoms with Crippen LogP contribution in [0.25, 0.3) is 0 Å². The maximum absolute atomic E-state index is 11.8. The van der Waals surface area contributed by atoms with Crippen LogP contribution in [0.3, 0.4) is 0 Å². The van der Waals surface area contributed by atoms with Gasteiger partial charge in [0.2, 0.25) is 0 Å². The fourth-order valence-corrected chi connectivity index (χ4v) is 1.31. The molecule has 1 heterocycles. The average molecular weight is 196 g/mol. The number of aromatic nitrogens is 2. The zero-order chi connectivity index (χ0) is 10.6. The largest absolute Gasteiger partial charge is 0.370 e. The Balaban J connectivity index is 2.72. The quantitative estimate of drug-likeness (QED) is 0.669. The van der Waals surface area contributed by atoms with Gasteiger partial charge < -0.3 is 4.74 Å². The molecule has 0 aliphatic rings. The van der Waals surface area contributed by atoms with Crippen molar-refractivity contribution < 1.29 is 9.53 Å². The van der Waals surface area contributed by atoms with Crippen molar-refractivity contribution in [3.63, 3.8) is 0 Å². The zero-order valence-electron chi connectivity index (χ0n) is 8.86. The van der Waals surface area contributed by atoms with Gasteiger partial charge in [0, 0.05) is 19.9 Å². The van der Waals surface area contributed by atoms with Gasteiger partial charge in [-0.1, -0.05) is 6.92 Å². The Bertz CT molecular complexity index is 307. The second-order valence-electron chi connectivity index (χ2n) is 3.12. The molecule has 1 unspecified atom stereocenters. The number of Topliss-reactive ketones (excluding diaryl/α,β-unsaturated/α-hetero) is 1. The number of hydrogen-bond donors (Lipinski definition) is 0. The van der Waals surface area contributed by atoms with Gasteiger partial charge in [-0.3, -0.25) is 9.48 Å². The number of rotatable bonds is 5. The Morgan fingerprint density at radius 2 is 2.36 bits per heavy atom. The Morgan fingerprint density at radius 3 is 2.79 bits per heavy atom. The summed E-state index contributed by atoms with van der Waals surface area (Å²) in [5.41, 5.74) is 0.618. The number of carbonyl (C=O) groups excluding carboxylic acids is 1. The van der Waals surface area contributed by atoms with E-state index in [1.165, 1.54) is 0 Å². The topological polar surface area (TPSA) is 44.1 Å². The van der Waals surface area contributed by atoms with Crippen LogP contribution in [-0.4, -0.2) is 28.3 Å². The molecule has 1 rings (SSSR count). The van der Waals surface area contributed by atoms with E-state index in [2.05, 4.69) is 5.10 Å². The number of carbonyl (C=O) groups is 1. The third-order valence-electron chi connectivity index (χ3n) is 2.02. The van der Waals surface area contributed by atoms with Crippen molar-refractivity contribution in [1.82, 2.24) is 9.78 Å². The second-order valence-corrected chi connectivity index (χ2v) is 3.12. The van der Waals surface area contributed by atoms with Crippen LogP contribution >= 0.6 is 0 Å². The maximum atomic E-state index is 11.8. The van der Waals surface area contributed by atoms with Crippen molar-refractivity contribution in [3.05, 3.63) is 18.0 Å². The number of ketones is 1. The van der Waals surface area contributed by atoms with Gasteiger partial charge in [-0.25, -0.2) is 0 Å². The summed E-state index contributed by atoms with van der Waals surface area (Å²) >= 11 is 0. The molecule has 1 aromatic heterocycles. The first-order chi connectivity index (χ1) is 6.69. The van der Waals surface area contributed by atoms with Gasteiger partial charge in [0.1, 0.15) is 6.10 Å². The first-order valence-electron chi connectivity index (χ1n) is 4.83. The summed E-state index contributed by atoms with van der Waals surface area (Å²) in [6, 6.07) is 0. The molecule has 4 heteroatoms. The lowest BCUT2D eigenvalue weighted by molar-refractivity contribution is 0.0444. The van der Waals surface area contributed by atoms with Crippen LogP contribution in [0.2, 0.25) is 0 Å². The van der Waals surface area contributed by atoms with Crippen molar-refractivity contribution in [1.29, 1.82) is 0 Å². The fourth-order valence-electron chi connectivity index (χ4n) is 1.31. The van der Waals surface area contributed by atoms with E-state index in [-0.39, 0.29) is 11.9 Å². The predicted octanol–water partition coefficient (Wildman–Crippen LogP) is 1.42. The second kappa shape index (κ2) is 4.91. The van der Waals surface area contributed by atoms with Crippen molar-refractivity contribution >= 4 is 5.78 Å². The van der Waals surface area contributed by atoms with Gasteiger partial charge in [-0.05, 0) is 13.3 Å². The van der Waals surface area contributed by atoms with Gasteiger partial charge >= 0.3 is 0 Å². The van der Waals surface area contributed by atoms with Crippen LogP contribution in [0.4, 0.5) is 0 Å². The van der Waals surface area contributed by atoms with Crippen molar-refractivity contribution in [2.45, 2.75) is 26.4 Å². The summed E-state index contributed by atoms with van der Waals surface area (Å²) in [4.78, 5) is 11.8. The lowest BCUT2D eigenvalue weighted by Crippen LogP contribution is -2.23. The van der Waals surface area contributed by atoms with E-state index >= 15 is 0 Å². The first-order valence-corrected chi connectivity index (χ1v) is 4.83. The molecule has 0 radical (unpaired) electrons. The summed E-state index contributed by atoms with van der Waals surface area (Å²) in [6.07, 6.45) is 3.65. The standard InChI is InChI=1S/C10H16N2O2/c1-4-9(14-5-2)10(13)8-6-11-12(3)7-8/h6-7,9H,4-5H2,1-3H3. The molecular weight excluding hydrogens is 180 g/mol. The average Bonchev–Trinajstić information content (AvgIpc) is 2.60. The molecule has 0 N–H and O–H groups in total. The summed E-state index contributed by atoms with van der Waals surface area (Å²) < 4.78 is 6.95. The molecule has 0 spiro atoms. The molecule has 0 aliphatic heterocycles. The molecule has 1 atom stereocenters. The van der Waals surface area contributed by atoms with Gasteiger partial charge in [0.05, 0.1) is 11.8 Å². The van der Waals surface area contributed by atoms with E-state index in [0.717, 1.165) is 0 Å². The van der Waals surface area contributed by atoms with Crippen LogP contribution in [0.15, 0.2) is 12.4 Å². The lowest BCUT2D eigenvalue weighted by atomic mass is 10.1. The van der Waals surface area contributed by atoms with E-state index in [1.807, 2.05) is 13.8 Å². The van der Waals surface area contributed by atoms with Gasteiger partial charge in [0.25, 0.3) is 0 Å². The smallest absolute Gasteiger partial charge is 0.194 e. The van der Waals surface area contributed by atoms with E-state index in [9.17, 15) is 4.79 Å². The molecule has 0 amide bonds. The first kappa shape index (κ1) is 10.9. The number of ether oxygens (including phenoxy) is 1. The summed E-state index contributed by atoms with van der Waals surface area (Å²) in [6.45, 7) is 4.39. The molecule has 0 fully saturated rings. The van der Waals surface area contributed by atoms with Crippen LogP contribution in [-0.2, 0) is 11.8 Å². The molecule has 78 valence electrons. The predicted molar refractivity (Wildman–Crippen MR) is 53.2 cm³/mol. The Morgan fingerprint density at radius 1 is 1.64 bits per heavy atom. The van der Waals surface area contributed by atoms with Crippen LogP contribution in [0, 0.1) is 0 Å². The fraction of sp³-hybridized carbons (Fsp3) is 0.600. The highest BCUT2D eigenvalue weighted by Gasteiger charge is 2.19. The minimum absolute atomic E-state index is 0.0162. The van der Waals surface area contributed by atoms with Gasteiger partial charge in [-0.15, -0.1) is 0 Å². The van der Waals surface area contributed by atoms with Crippen LogP contribution in [0.5, 0.6) is 0 Å². The summed E-state index contributed by atoms with van der Waals surface area (Å²) in [7, 11) is 1.79. The molecular formula is C10H16N2O2.